The highest BCUT2D eigenvalue weighted by atomic mass is 35.5. The standard InChI is InChI=1S/C10H7ClNO/c11-7-8-1-3-9(4-2-8)10-12-5-6-13-10/h1,3-6H,7H2. The molecule has 0 atom stereocenters. The van der Waals surface area contributed by atoms with E-state index >= 15 is 0 Å². The van der Waals surface area contributed by atoms with Crippen LogP contribution in [-0.2, 0) is 5.88 Å². The van der Waals surface area contributed by atoms with E-state index in [-0.39, 0.29) is 0 Å². The van der Waals surface area contributed by atoms with Crippen LogP contribution in [0.15, 0.2) is 35.1 Å². The van der Waals surface area contributed by atoms with Gasteiger partial charge in [-0.15, -0.1) is 11.6 Å². The van der Waals surface area contributed by atoms with E-state index < -0.39 is 0 Å². The third-order valence-corrected chi connectivity index (χ3v) is 1.99. The van der Waals surface area contributed by atoms with Gasteiger partial charge in [0.1, 0.15) is 6.26 Å². The minimum atomic E-state index is 0.478. The van der Waals surface area contributed by atoms with Gasteiger partial charge in [-0.1, -0.05) is 6.07 Å². The molecule has 0 saturated carbocycles. The molecule has 1 heterocycles. The van der Waals surface area contributed by atoms with Crippen molar-refractivity contribution in [1.82, 2.24) is 4.98 Å². The third-order valence-electron chi connectivity index (χ3n) is 1.70. The van der Waals surface area contributed by atoms with E-state index in [0.29, 0.717) is 11.8 Å². The van der Waals surface area contributed by atoms with Crippen molar-refractivity contribution in [3.63, 3.8) is 0 Å². The monoisotopic (exact) mass is 192 g/mol. The zero-order chi connectivity index (χ0) is 9.10. The van der Waals surface area contributed by atoms with Crippen LogP contribution in [0.25, 0.3) is 11.5 Å². The third kappa shape index (κ3) is 1.73. The number of oxazole rings is 1. The Morgan fingerprint density at radius 3 is 2.92 bits per heavy atom. The zero-order valence-electron chi connectivity index (χ0n) is 6.83. The molecule has 0 fully saturated rings. The summed E-state index contributed by atoms with van der Waals surface area (Å²) in [6.07, 6.45) is 3.16. The van der Waals surface area contributed by atoms with E-state index in [0.717, 1.165) is 11.1 Å². The highest BCUT2D eigenvalue weighted by Crippen LogP contribution is 2.17. The van der Waals surface area contributed by atoms with Crippen LogP contribution < -0.4 is 0 Å². The van der Waals surface area contributed by atoms with Crippen LogP contribution in [0.4, 0.5) is 0 Å². The summed E-state index contributed by atoms with van der Waals surface area (Å²) in [4.78, 5) is 4.02. The molecule has 0 unspecified atom stereocenters. The largest absolute Gasteiger partial charge is 0.445 e. The molecule has 13 heavy (non-hydrogen) atoms. The van der Waals surface area contributed by atoms with Crippen molar-refractivity contribution in [2.24, 2.45) is 0 Å². The maximum Gasteiger partial charge on any atom is 0.225 e. The second-order valence-corrected chi connectivity index (χ2v) is 2.84. The summed E-state index contributed by atoms with van der Waals surface area (Å²) in [6, 6.07) is 8.69. The molecule has 0 N–H and O–H groups in total. The summed E-state index contributed by atoms with van der Waals surface area (Å²) in [5.74, 6) is 1.09. The van der Waals surface area contributed by atoms with Crippen molar-refractivity contribution < 1.29 is 4.42 Å². The van der Waals surface area contributed by atoms with E-state index in [9.17, 15) is 0 Å². The van der Waals surface area contributed by atoms with Crippen molar-refractivity contribution in [3.05, 3.63) is 42.3 Å². The number of halogens is 1. The Kier molecular flexibility index (Phi) is 2.32. The Balaban J connectivity index is 2.33. The first-order valence-corrected chi connectivity index (χ1v) is 4.40. The molecular formula is C10H7ClNO. The minimum absolute atomic E-state index is 0.478. The molecule has 1 radical (unpaired) electrons. The van der Waals surface area contributed by atoms with Gasteiger partial charge in [0.25, 0.3) is 0 Å². The first kappa shape index (κ1) is 8.32. The first-order valence-electron chi connectivity index (χ1n) is 3.86. The fraction of sp³-hybridized carbons (Fsp3) is 0.100. The van der Waals surface area contributed by atoms with Crippen LogP contribution in [-0.4, -0.2) is 4.98 Å². The molecule has 1 aromatic heterocycles. The Bertz CT molecular complexity index is 366. The van der Waals surface area contributed by atoms with Gasteiger partial charge in [0.05, 0.1) is 6.20 Å². The maximum absolute atomic E-state index is 5.63. The quantitative estimate of drug-likeness (QED) is 0.684. The Morgan fingerprint density at radius 1 is 1.46 bits per heavy atom. The van der Waals surface area contributed by atoms with Crippen LogP contribution >= 0.6 is 11.6 Å². The Hall–Kier alpha value is -1.28. The SMILES string of the molecule is ClCc1[c]cc(-c2ncco2)cc1. The van der Waals surface area contributed by atoms with E-state index in [1.807, 2.05) is 18.2 Å². The molecule has 3 heteroatoms. The van der Waals surface area contributed by atoms with Gasteiger partial charge in [0.15, 0.2) is 0 Å². The molecule has 0 aliphatic rings. The molecule has 0 aliphatic carbocycles. The number of aromatic nitrogens is 1. The highest BCUT2D eigenvalue weighted by Gasteiger charge is 2.00. The summed E-state index contributed by atoms with van der Waals surface area (Å²) < 4.78 is 5.13. The molecule has 2 aromatic rings. The lowest BCUT2D eigenvalue weighted by Crippen LogP contribution is -1.80. The van der Waals surface area contributed by atoms with Gasteiger partial charge in [0.2, 0.25) is 5.89 Å². The predicted octanol–water partition coefficient (Wildman–Crippen LogP) is 2.88. The number of alkyl halides is 1. The molecule has 2 rings (SSSR count). The summed E-state index contributed by atoms with van der Waals surface area (Å²) in [7, 11) is 0. The zero-order valence-corrected chi connectivity index (χ0v) is 7.58. The average molecular weight is 193 g/mol. The van der Waals surface area contributed by atoms with Gasteiger partial charge in [-0.05, 0) is 23.8 Å². The summed E-state index contributed by atoms with van der Waals surface area (Å²) >= 11 is 5.63. The smallest absolute Gasteiger partial charge is 0.225 e. The van der Waals surface area contributed by atoms with Crippen molar-refractivity contribution in [2.45, 2.75) is 5.88 Å². The summed E-state index contributed by atoms with van der Waals surface area (Å²) in [6.45, 7) is 0. The molecule has 0 spiro atoms. The molecule has 0 aliphatic heterocycles. The van der Waals surface area contributed by atoms with E-state index in [1.54, 1.807) is 12.5 Å². The second-order valence-electron chi connectivity index (χ2n) is 2.57. The normalized spacial score (nSPS) is 10.2. The van der Waals surface area contributed by atoms with Gasteiger partial charge in [-0.3, -0.25) is 0 Å². The van der Waals surface area contributed by atoms with Crippen LogP contribution in [0.5, 0.6) is 0 Å². The average Bonchev–Trinajstić information content (AvgIpc) is 2.71. The topological polar surface area (TPSA) is 26.0 Å². The maximum atomic E-state index is 5.63. The van der Waals surface area contributed by atoms with Gasteiger partial charge < -0.3 is 4.42 Å². The molecule has 0 saturated heterocycles. The van der Waals surface area contributed by atoms with Crippen LogP contribution in [0.3, 0.4) is 0 Å². The lowest BCUT2D eigenvalue weighted by Gasteiger charge is -1.96. The van der Waals surface area contributed by atoms with Crippen LogP contribution in [0.1, 0.15) is 5.56 Å². The van der Waals surface area contributed by atoms with E-state index in [2.05, 4.69) is 11.1 Å². The number of nitrogens with zero attached hydrogens (tertiary/aromatic N) is 1. The predicted molar refractivity (Wildman–Crippen MR) is 50.3 cm³/mol. The number of hydrogen-bond acceptors (Lipinski definition) is 2. The van der Waals surface area contributed by atoms with E-state index in [4.69, 9.17) is 16.0 Å². The lowest BCUT2D eigenvalue weighted by atomic mass is 10.1. The fourth-order valence-corrected chi connectivity index (χ4v) is 1.21. The molecule has 0 bridgehead atoms. The van der Waals surface area contributed by atoms with Crippen molar-refractivity contribution in [2.75, 3.05) is 0 Å². The minimum Gasteiger partial charge on any atom is -0.445 e. The molecule has 1 aromatic carbocycles. The highest BCUT2D eigenvalue weighted by molar-refractivity contribution is 6.17. The van der Waals surface area contributed by atoms with E-state index in [1.165, 1.54) is 0 Å². The molecule has 0 amide bonds. The summed E-state index contributed by atoms with van der Waals surface area (Å²) in [5, 5.41) is 0. The van der Waals surface area contributed by atoms with Gasteiger partial charge in [-0.2, -0.15) is 0 Å². The van der Waals surface area contributed by atoms with Crippen molar-refractivity contribution in [1.29, 1.82) is 0 Å². The molecular weight excluding hydrogens is 186 g/mol. The molecule has 65 valence electrons. The fourth-order valence-electron chi connectivity index (χ4n) is 1.04. The van der Waals surface area contributed by atoms with Gasteiger partial charge >= 0.3 is 0 Å². The Labute approximate surface area is 81.2 Å². The van der Waals surface area contributed by atoms with Crippen LogP contribution in [0.2, 0.25) is 0 Å². The summed E-state index contributed by atoms with van der Waals surface area (Å²) in [5.41, 5.74) is 1.89. The van der Waals surface area contributed by atoms with Crippen molar-refractivity contribution in [3.8, 4) is 11.5 Å². The van der Waals surface area contributed by atoms with Crippen molar-refractivity contribution >= 4 is 11.6 Å². The van der Waals surface area contributed by atoms with Gasteiger partial charge in [-0.25, -0.2) is 4.98 Å². The second kappa shape index (κ2) is 3.62. The van der Waals surface area contributed by atoms with Gasteiger partial charge in [0, 0.05) is 11.4 Å². The molecule has 2 nitrogen and oxygen atoms in total. The number of rotatable bonds is 2. The Morgan fingerprint density at radius 2 is 2.38 bits per heavy atom. The number of hydrogen-bond donors (Lipinski definition) is 0. The lowest BCUT2D eigenvalue weighted by molar-refractivity contribution is 0.574. The number of benzene rings is 1. The van der Waals surface area contributed by atoms with Crippen LogP contribution in [0, 0.1) is 6.07 Å². The first-order chi connectivity index (χ1) is 6.40.